The van der Waals surface area contributed by atoms with E-state index in [9.17, 15) is 9.59 Å². The molecule has 154 valence electrons. The molecule has 1 amide bonds. The summed E-state index contributed by atoms with van der Waals surface area (Å²) in [6.45, 7) is 0.958. The summed E-state index contributed by atoms with van der Waals surface area (Å²) >= 11 is 0. The average Bonchev–Trinajstić information content (AvgIpc) is 3.23. The van der Waals surface area contributed by atoms with Crippen LogP contribution in [-0.4, -0.2) is 62.5 Å². The predicted molar refractivity (Wildman–Crippen MR) is 112 cm³/mol. The molecule has 1 atom stereocenters. The lowest BCUT2D eigenvalue weighted by Gasteiger charge is -2.24. The Bertz CT molecular complexity index is 1080. The van der Waals surface area contributed by atoms with E-state index in [2.05, 4.69) is 20.3 Å². The summed E-state index contributed by atoms with van der Waals surface area (Å²) in [4.78, 5) is 33.1. The van der Waals surface area contributed by atoms with Crippen molar-refractivity contribution in [2.75, 3.05) is 25.5 Å². The molecule has 0 radical (unpaired) electrons. The van der Waals surface area contributed by atoms with Crippen LogP contribution in [-0.2, 0) is 6.54 Å². The molecule has 4 heterocycles. The Morgan fingerprint density at radius 3 is 2.73 bits per heavy atom. The average molecular weight is 405 g/mol. The fourth-order valence-electron chi connectivity index (χ4n) is 3.57. The van der Waals surface area contributed by atoms with Crippen LogP contribution in [0.5, 0.6) is 0 Å². The van der Waals surface area contributed by atoms with Crippen LogP contribution in [0.25, 0.3) is 11.3 Å². The smallest absolute Gasteiger partial charge is 0.274 e. The van der Waals surface area contributed by atoms with E-state index in [1.54, 1.807) is 35.5 Å². The molecule has 0 N–H and O–H groups in total. The second-order valence-corrected chi connectivity index (χ2v) is 7.45. The van der Waals surface area contributed by atoms with Gasteiger partial charge in [-0.25, -0.2) is 4.68 Å². The second-order valence-electron chi connectivity index (χ2n) is 7.45. The minimum atomic E-state index is -0.197. The third kappa shape index (κ3) is 4.05. The summed E-state index contributed by atoms with van der Waals surface area (Å²) in [7, 11) is 3.73. The minimum absolute atomic E-state index is 0.123. The Labute approximate surface area is 174 Å². The van der Waals surface area contributed by atoms with E-state index in [1.807, 2.05) is 31.1 Å². The number of carbonyl (C=O) groups is 1. The van der Waals surface area contributed by atoms with E-state index in [1.165, 1.54) is 10.7 Å². The van der Waals surface area contributed by atoms with Gasteiger partial charge in [-0.3, -0.25) is 14.6 Å². The maximum Gasteiger partial charge on any atom is 0.274 e. The molecular formula is C21H23N7O2. The van der Waals surface area contributed by atoms with Gasteiger partial charge in [0.15, 0.2) is 11.5 Å². The molecule has 1 aliphatic heterocycles. The van der Waals surface area contributed by atoms with Crippen molar-refractivity contribution in [3.63, 3.8) is 0 Å². The van der Waals surface area contributed by atoms with Crippen molar-refractivity contribution in [3.05, 3.63) is 64.8 Å². The lowest BCUT2D eigenvalue weighted by atomic mass is 10.2. The molecule has 1 fully saturated rings. The van der Waals surface area contributed by atoms with Crippen LogP contribution in [0.3, 0.4) is 0 Å². The molecular weight excluding hydrogens is 382 g/mol. The van der Waals surface area contributed by atoms with Crippen molar-refractivity contribution >= 4 is 11.7 Å². The highest BCUT2D eigenvalue weighted by molar-refractivity contribution is 5.92. The van der Waals surface area contributed by atoms with Gasteiger partial charge in [-0.2, -0.15) is 5.10 Å². The van der Waals surface area contributed by atoms with Crippen LogP contribution in [0, 0.1) is 0 Å². The summed E-state index contributed by atoms with van der Waals surface area (Å²) < 4.78 is 1.43. The van der Waals surface area contributed by atoms with Gasteiger partial charge >= 0.3 is 0 Å². The van der Waals surface area contributed by atoms with Crippen molar-refractivity contribution < 1.29 is 4.79 Å². The van der Waals surface area contributed by atoms with Gasteiger partial charge in [0, 0.05) is 44.7 Å². The first-order valence-electron chi connectivity index (χ1n) is 9.83. The Balaban J connectivity index is 1.54. The number of aromatic nitrogens is 5. The first kappa shape index (κ1) is 19.7. The summed E-state index contributed by atoms with van der Waals surface area (Å²) in [6, 6.07) is 10.2. The van der Waals surface area contributed by atoms with Crippen molar-refractivity contribution in [2.24, 2.45) is 0 Å². The van der Waals surface area contributed by atoms with Gasteiger partial charge in [0.1, 0.15) is 0 Å². The van der Waals surface area contributed by atoms with Gasteiger partial charge in [-0.05, 0) is 43.2 Å². The summed E-state index contributed by atoms with van der Waals surface area (Å²) in [5.41, 5.74) is 1.61. The highest BCUT2D eigenvalue weighted by atomic mass is 16.2. The summed E-state index contributed by atoms with van der Waals surface area (Å²) in [5.74, 6) is 0.513. The van der Waals surface area contributed by atoms with Gasteiger partial charge in [0.05, 0.1) is 18.3 Å². The molecule has 1 saturated heterocycles. The number of hydrogen-bond donors (Lipinski definition) is 0. The topological polar surface area (TPSA) is 97.1 Å². The van der Waals surface area contributed by atoms with Crippen molar-refractivity contribution in [2.45, 2.75) is 25.4 Å². The summed E-state index contributed by atoms with van der Waals surface area (Å²) in [6.07, 6.45) is 5.07. The molecule has 0 aliphatic carbocycles. The Kier molecular flexibility index (Phi) is 5.51. The molecule has 9 heteroatoms. The highest BCUT2D eigenvalue weighted by Crippen LogP contribution is 2.21. The maximum atomic E-state index is 13.0. The van der Waals surface area contributed by atoms with Gasteiger partial charge in [0.25, 0.3) is 11.5 Å². The molecule has 0 bridgehead atoms. The molecule has 4 rings (SSSR count). The molecule has 0 aromatic carbocycles. The quantitative estimate of drug-likeness (QED) is 0.634. The fourth-order valence-corrected chi connectivity index (χ4v) is 3.57. The zero-order valence-electron chi connectivity index (χ0n) is 17.0. The standard InChI is InChI=1S/C21H23N7O2/c1-26(2)19-9-7-18(23-24-19)21(30)27-12-4-6-16(27)14-28-20(29)10-8-17(25-28)15-5-3-11-22-13-15/h3,5,7-11,13,16H,4,6,12,14H2,1-2H3. The zero-order chi connectivity index (χ0) is 21.1. The number of carbonyl (C=O) groups excluding carboxylic acids is 1. The van der Waals surface area contributed by atoms with Crippen molar-refractivity contribution in [1.82, 2.24) is 29.9 Å². The van der Waals surface area contributed by atoms with Crippen molar-refractivity contribution in [1.29, 1.82) is 0 Å². The van der Waals surface area contributed by atoms with E-state index < -0.39 is 0 Å². The van der Waals surface area contributed by atoms with Gasteiger partial charge < -0.3 is 9.80 Å². The van der Waals surface area contributed by atoms with E-state index in [0.717, 1.165) is 18.4 Å². The lowest BCUT2D eigenvalue weighted by Crippen LogP contribution is -2.41. The van der Waals surface area contributed by atoms with Gasteiger partial charge in [-0.1, -0.05) is 0 Å². The minimum Gasteiger partial charge on any atom is -0.361 e. The van der Waals surface area contributed by atoms with Crippen LogP contribution in [0.2, 0.25) is 0 Å². The monoisotopic (exact) mass is 405 g/mol. The van der Waals surface area contributed by atoms with Gasteiger partial charge in [0.2, 0.25) is 0 Å². The Morgan fingerprint density at radius 2 is 2.03 bits per heavy atom. The molecule has 30 heavy (non-hydrogen) atoms. The molecule has 0 spiro atoms. The first-order valence-corrected chi connectivity index (χ1v) is 9.83. The van der Waals surface area contributed by atoms with Crippen LogP contribution < -0.4 is 10.5 Å². The van der Waals surface area contributed by atoms with E-state index >= 15 is 0 Å². The fraction of sp³-hybridized carbons (Fsp3) is 0.333. The zero-order valence-corrected chi connectivity index (χ0v) is 17.0. The third-order valence-corrected chi connectivity index (χ3v) is 5.17. The molecule has 1 aliphatic rings. The number of anilines is 1. The normalized spacial score (nSPS) is 15.9. The lowest BCUT2D eigenvalue weighted by molar-refractivity contribution is 0.0713. The number of likely N-dealkylation sites (tertiary alicyclic amines) is 1. The first-order chi connectivity index (χ1) is 14.5. The van der Waals surface area contributed by atoms with E-state index in [4.69, 9.17) is 0 Å². The number of amides is 1. The van der Waals surface area contributed by atoms with Gasteiger partial charge in [-0.15, -0.1) is 10.2 Å². The molecule has 0 saturated carbocycles. The van der Waals surface area contributed by atoms with Crippen LogP contribution in [0.15, 0.2) is 53.6 Å². The van der Waals surface area contributed by atoms with Crippen LogP contribution in [0.4, 0.5) is 5.82 Å². The maximum absolute atomic E-state index is 13.0. The molecule has 9 nitrogen and oxygen atoms in total. The number of rotatable bonds is 5. The number of nitrogens with zero attached hydrogens (tertiary/aromatic N) is 7. The largest absolute Gasteiger partial charge is 0.361 e. The predicted octanol–water partition coefficient (Wildman–Crippen LogP) is 1.47. The van der Waals surface area contributed by atoms with E-state index in [-0.39, 0.29) is 17.5 Å². The second kappa shape index (κ2) is 8.40. The third-order valence-electron chi connectivity index (χ3n) is 5.17. The van der Waals surface area contributed by atoms with E-state index in [0.29, 0.717) is 30.3 Å². The Morgan fingerprint density at radius 1 is 1.17 bits per heavy atom. The highest BCUT2D eigenvalue weighted by Gasteiger charge is 2.31. The molecule has 3 aromatic heterocycles. The van der Waals surface area contributed by atoms with Crippen LogP contribution >= 0.6 is 0 Å². The Hall–Kier alpha value is -3.62. The number of hydrogen-bond acceptors (Lipinski definition) is 7. The summed E-state index contributed by atoms with van der Waals surface area (Å²) in [5, 5.41) is 12.7. The molecule has 3 aromatic rings. The van der Waals surface area contributed by atoms with Crippen LogP contribution in [0.1, 0.15) is 23.3 Å². The SMILES string of the molecule is CN(C)c1ccc(C(=O)N2CCCC2Cn2nc(-c3cccnc3)ccc2=O)nn1. The molecule has 1 unspecified atom stereocenters. The van der Waals surface area contributed by atoms with Crippen molar-refractivity contribution in [3.8, 4) is 11.3 Å². The number of pyridine rings is 1.